The third kappa shape index (κ3) is 1.14. The quantitative estimate of drug-likeness (QED) is 0.599. The normalized spacial score (nSPS) is 23.3. The predicted octanol–water partition coefficient (Wildman–Crippen LogP) is 0.0531. The van der Waals surface area contributed by atoms with Gasteiger partial charge in [-0.1, -0.05) is 11.8 Å². The van der Waals surface area contributed by atoms with Gasteiger partial charge in [0.1, 0.15) is 5.82 Å². The molecule has 1 aliphatic heterocycles. The molecule has 0 fully saturated rings. The minimum absolute atomic E-state index is 0.248. The Kier molecular flexibility index (Phi) is 1.61. The molecule has 1 aromatic rings. The second kappa shape index (κ2) is 2.49. The molecule has 4 nitrogen and oxygen atoms in total. The fraction of sp³-hybridized carbons (Fsp3) is 0.667. The number of aliphatic hydroxyl groups is 1. The van der Waals surface area contributed by atoms with Gasteiger partial charge in [0.25, 0.3) is 0 Å². The number of aliphatic hydroxyl groups excluding tert-OH is 1. The van der Waals surface area contributed by atoms with Crippen molar-refractivity contribution in [3.8, 4) is 0 Å². The molecule has 1 atom stereocenters. The molecule has 1 aliphatic rings. The highest BCUT2D eigenvalue weighted by molar-refractivity contribution is 7.99. The summed E-state index contributed by atoms with van der Waals surface area (Å²) in [5.41, 5.74) is 0. The standard InChI is InChI=1S/C6H9N3OS/c1-4-7-8-6-9(4)2-5(10)3-11-6/h5,10H,2-3H2,1H3. The van der Waals surface area contributed by atoms with Gasteiger partial charge in [-0.3, -0.25) is 0 Å². The van der Waals surface area contributed by atoms with Crippen LogP contribution in [0, 0.1) is 6.92 Å². The van der Waals surface area contributed by atoms with E-state index in [1.807, 2.05) is 11.5 Å². The van der Waals surface area contributed by atoms with E-state index in [0.717, 1.165) is 16.7 Å². The summed E-state index contributed by atoms with van der Waals surface area (Å²) >= 11 is 1.56. The van der Waals surface area contributed by atoms with E-state index in [9.17, 15) is 5.11 Å². The van der Waals surface area contributed by atoms with Gasteiger partial charge in [0.05, 0.1) is 12.6 Å². The largest absolute Gasteiger partial charge is 0.390 e. The van der Waals surface area contributed by atoms with E-state index in [1.165, 1.54) is 0 Å². The minimum Gasteiger partial charge on any atom is -0.390 e. The van der Waals surface area contributed by atoms with Crippen molar-refractivity contribution in [2.45, 2.75) is 24.7 Å². The molecule has 1 unspecified atom stereocenters. The van der Waals surface area contributed by atoms with Gasteiger partial charge in [0.15, 0.2) is 5.16 Å². The number of thioether (sulfide) groups is 1. The van der Waals surface area contributed by atoms with Crippen LogP contribution in [-0.2, 0) is 6.54 Å². The van der Waals surface area contributed by atoms with Crippen molar-refractivity contribution in [2.24, 2.45) is 0 Å². The second-order valence-electron chi connectivity index (χ2n) is 2.61. The summed E-state index contributed by atoms with van der Waals surface area (Å²) in [4.78, 5) is 0. The summed E-state index contributed by atoms with van der Waals surface area (Å²) in [7, 11) is 0. The highest BCUT2D eigenvalue weighted by Gasteiger charge is 2.19. The summed E-state index contributed by atoms with van der Waals surface area (Å²) < 4.78 is 1.94. The lowest BCUT2D eigenvalue weighted by Crippen LogP contribution is -2.24. The first kappa shape index (κ1) is 7.12. The first-order valence-corrected chi connectivity index (χ1v) is 4.46. The Labute approximate surface area is 68.6 Å². The third-order valence-electron chi connectivity index (χ3n) is 1.70. The molecule has 11 heavy (non-hydrogen) atoms. The van der Waals surface area contributed by atoms with E-state index >= 15 is 0 Å². The van der Waals surface area contributed by atoms with Crippen LogP contribution in [0.3, 0.4) is 0 Å². The smallest absolute Gasteiger partial charge is 0.191 e. The van der Waals surface area contributed by atoms with Crippen LogP contribution >= 0.6 is 11.8 Å². The van der Waals surface area contributed by atoms with Gasteiger partial charge in [-0.05, 0) is 6.92 Å². The van der Waals surface area contributed by atoms with Gasteiger partial charge in [-0.2, -0.15) is 0 Å². The average Bonchev–Trinajstić information content (AvgIpc) is 2.33. The minimum atomic E-state index is -0.248. The van der Waals surface area contributed by atoms with E-state index in [0.29, 0.717) is 6.54 Å². The Balaban J connectivity index is 2.37. The Bertz CT molecular complexity index is 273. The van der Waals surface area contributed by atoms with Crippen molar-refractivity contribution >= 4 is 11.8 Å². The molecule has 0 saturated heterocycles. The van der Waals surface area contributed by atoms with E-state index in [4.69, 9.17) is 0 Å². The van der Waals surface area contributed by atoms with Crippen LogP contribution in [0.4, 0.5) is 0 Å². The molecule has 1 aromatic heterocycles. The summed E-state index contributed by atoms with van der Waals surface area (Å²) in [5.74, 6) is 1.62. The number of hydrogen-bond acceptors (Lipinski definition) is 4. The van der Waals surface area contributed by atoms with Gasteiger partial charge in [-0.15, -0.1) is 10.2 Å². The van der Waals surface area contributed by atoms with E-state index in [1.54, 1.807) is 11.8 Å². The average molecular weight is 171 g/mol. The number of aryl methyl sites for hydroxylation is 1. The van der Waals surface area contributed by atoms with E-state index in [2.05, 4.69) is 10.2 Å². The summed E-state index contributed by atoms with van der Waals surface area (Å²) in [6, 6.07) is 0. The number of hydrogen-bond donors (Lipinski definition) is 1. The lowest BCUT2D eigenvalue weighted by molar-refractivity contribution is 0.169. The fourth-order valence-corrected chi connectivity index (χ4v) is 2.02. The van der Waals surface area contributed by atoms with Crippen molar-refractivity contribution in [2.75, 3.05) is 5.75 Å². The van der Waals surface area contributed by atoms with Crippen molar-refractivity contribution in [1.29, 1.82) is 0 Å². The number of aromatic nitrogens is 3. The van der Waals surface area contributed by atoms with Crippen LogP contribution in [0.5, 0.6) is 0 Å². The summed E-state index contributed by atoms with van der Waals surface area (Å²) in [5, 5.41) is 18.1. The van der Waals surface area contributed by atoms with Gasteiger partial charge >= 0.3 is 0 Å². The maximum atomic E-state index is 9.30. The van der Waals surface area contributed by atoms with Gasteiger partial charge in [0, 0.05) is 5.75 Å². The second-order valence-corrected chi connectivity index (χ2v) is 3.59. The van der Waals surface area contributed by atoms with Crippen LogP contribution in [-0.4, -0.2) is 31.7 Å². The Morgan fingerprint density at radius 2 is 2.45 bits per heavy atom. The zero-order chi connectivity index (χ0) is 7.84. The third-order valence-corrected chi connectivity index (χ3v) is 2.81. The van der Waals surface area contributed by atoms with Gasteiger partial charge in [0.2, 0.25) is 0 Å². The zero-order valence-electron chi connectivity index (χ0n) is 6.19. The molecule has 0 aliphatic carbocycles. The molecule has 0 spiro atoms. The molecule has 0 aromatic carbocycles. The van der Waals surface area contributed by atoms with Gasteiger partial charge in [-0.25, -0.2) is 0 Å². The topological polar surface area (TPSA) is 50.9 Å². The first-order valence-electron chi connectivity index (χ1n) is 3.48. The molecule has 2 rings (SSSR count). The number of rotatable bonds is 0. The molecule has 1 N–H and O–H groups in total. The maximum absolute atomic E-state index is 9.30. The summed E-state index contributed by atoms with van der Waals surface area (Å²) in [6.07, 6.45) is -0.248. The maximum Gasteiger partial charge on any atom is 0.191 e. The molecular formula is C6H9N3OS. The van der Waals surface area contributed by atoms with Crippen LogP contribution in [0.25, 0.3) is 0 Å². The van der Waals surface area contributed by atoms with Crippen LogP contribution in [0.1, 0.15) is 5.82 Å². The van der Waals surface area contributed by atoms with E-state index < -0.39 is 0 Å². The van der Waals surface area contributed by atoms with Crippen molar-refractivity contribution in [3.63, 3.8) is 0 Å². The molecule has 0 amide bonds. The Hall–Kier alpha value is -0.550. The lowest BCUT2D eigenvalue weighted by Gasteiger charge is -2.18. The number of fused-ring (bicyclic) bond motifs is 1. The number of nitrogens with zero attached hydrogens (tertiary/aromatic N) is 3. The lowest BCUT2D eigenvalue weighted by atomic mass is 10.4. The molecule has 0 radical (unpaired) electrons. The van der Waals surface area contributed by atoms with Crippen LogP contribution in [0.2, 0.25) is 0 Å². The zero-order valence-corrected chi connectivity index (χ0v) is 7.01. The first-order chi connectivity index (χ1) is 5.27. The molecular weight excluding hydrogens is 162 g/mol. The highest BCUT2D eigenvalue weighted by Crippen LogP contribution is 2.23. The predicted molar refractivity (Wildman–Crippen MR) is 41.5 cm³/mol. The Morgan fingerprint density at radius 1 is 1.64 bits per heavy atom. The van der Waals surface area contributed by atoms with E-state index in [-0.39, 0.29) is 6.10 Å². The SMILES string of the molecule is Cc1nnc2n1CC(O)CS2. The molecule has 0 bridgehead atoms. The van der Waals surface area contributed by atoms with Crippen LogP contribution < -0.4 is 0 Å². The molecule has 2 heterocycles. The highest BCUT2D eigenvalue weighted by atomic mass is 32.2. The summed E-state index contributed by atoms with van der Waals surface area (Å²) in [6.45, 7) is 2.54. The fourth-order valence-electron chi connectivity index (χ4n) is 1.11. The van der Waals surface area contributed by atoms with Crippen LogP contribution in [0.15, 0.2) is 5.16 Å². The molecule has 0 saturated carbocycles. The Morgan fingerprint density at radius 3 is 3.27 bits per heavy atom. The molecule has 5 heteroatoms. The molecule has 60 valence electrons. The van der Waals surface area contributed by atoms with Gasteiger partial charge < -0.3 is 9.67 Å². The monoisotopic (exact) mass is 171 g/mol. The van der Waals surface area contributed by atoms with Crippen molar-refractivity contribution in [1.82, 2.24) is 14.8 Å². The van der Waals surface area contributed by atoms with Crippen molar-refractivity contribution in [3.05, 3.63) is 5.82 Å². The van der Waals surface area contributed by atoms with Crippen molar-refractivity contribution < 1.29 is 5.11 Å².